The summed E-state index contributed by atoms with van der Waals surface area (Å²) in [5.74, 6) is 2.11. The number of benzene rings is 2. The topological polar surface area (TPSA) is 92.9 Å². The van der Waals surface area contributed by atoms with Crippen molar-refractivity contribution in [2.45, 2.75) is 0 Å². The summed E-state index contributed by atoms with van der Waals surface area (Å²) in [4.78, 5) is 4.58. The Morgan fingerprint density at radius 2 is 1.71 bits per heavy atom. The third kappa shape index (κ3) is 5.11. The summed E-state index contributed by atoms with van der Waals surface area (Å²) in [6.07, 6.45) is 0. The van der Waals surface area contributed by atoms with Gasteiger partial charge >= 0.3 is 0 Å². The van der Waals surface area contributed by atoms with Crippen molar-refractivity contribution in [1.82, 2.24) is 19.9 Å². The Kier molecular flexibility index (Phi) is 6.61. The molecule has 2 heterocycles. The van der Waals surface area contributed by atoms with Crippen molar-refractivity contribution < 1.29 is 14.6 Å². The largest absolute Gasteiger partial charge is 0.497 e. The van der Waals surface area contributed by atoms with Gasteiger partial charge in [-0.15, -0.1) is 5.10 Å². The maximum Gasteiger partial charge on any atom is 0.247 e. The standard InChI is InChI=1S/C23H25N5O3/c1-30-19-9-5-17(6-10-19)21-3-2-4-22-26-23(27-28(21)22)25-18-7-11-20(12-8-18)31-16-14-24-13-15-29/h2-12,24,29H,13-16H2,1H3,(H,25,27). The quantitative estimate of drug-likeness (QED) is 0.340. The van der Waals surface area contributed by atoms with Crippen molar-refractivity contribution in [3.05, 3.63) is 66.7 Å². The lowest BCUT2D eigenvalue weighted by Crippen LogP contribution is -2.23. The van der Waals surface area contributed by atoms with Gasteiger partial charge in [0, 0.05) is 24.3 Å². The molecule has 0 saturated heterocycles. The average Bonchev–Trinajstić information content (AvgIpc) is 3.22. The van der Waals surface area contributed by atoms with Crippen LogP contribution in [-0.4, -0.2) is 53.1 Å². The maximum absolute atomic E-state index is 8.75. The molecule has 3 N–H and O–H groups in total. The van der Waals surface area contributed by atoms with Crippen molar-refractivity contribution in [3.8, 4) is 22.8 Å². The fourth-order valence-electron chi connectivity index (χ4n) is 3.15. The first kappa shape index (κ1) is 20.6. The second kappa shape index (κ2) is 9.92. The zero-order valence-electron chi connectivity index (χ0n) is 17.3. The Morgan fingerprint density at radius 3 is 2.45 bits per heavy atom. The molecule has 2 aromatic heterocycles. The molecule has 0 amide bonds. The lowest BCUT2D eigenvalue weighted by atomic mass is 10.1. The molecular weight excluding hydrogens is 394 g/mol. The summed E-state index contributed by atoms with van der Waals surface area (Å²) in [5.41, 5.74) is 3.59. The van der Waals surface area contributed by atoms with E-state index >= 15 is 0 Å². The van der Waals surface area contributed by atoms with Crippen LogP contribution < -0.4 is 20.1 Å². The molecule has 0 saturated carbocycles. The third-order valence-corrected chi connectivity index (χ3v) is 4.69. The minimum absolute atomic E-state index is 0.124. The van der Waals surface area contributed by atoms with Gasteiger partial charge in [-0.1, -0.05) is 6.07 Å². The second-order valence-corrected chi connectivity index (χ2v) is 6.82. The van der Waals surface area contributed by atoms with E-state index in [-0.39, 0.29) is 6.61 Å². The van der Waals surface area contributed by atoms with Crippen LogP contribution in [0.4, 0.5) is 11.6 Å². The Bertz CT molecular complexity index is 1110. The molecule has 0 fully saturated rings. The van der Waals surface area contributed by atoms with Crippen LogP contribution in [0.15, 0.2) is 66.7 Å². The Balaban J connectivity index is 1.45. The summed E-state index contributed by atoms with van der Waals surface area (Å²) in [6, 6.07) is 21.4. The second-order valence-electron chi connectivity index (χ2n) is 6.82. The van der Waals surface area contributed by atoms with Gasteiger partial charge in [0.1, 0.15) is 18.1 Å². The Morgan fingerprint density at radius 1 is 0.935 bits per heavy atom. The number of nitrogens with one attached hydrogen (secondary N) is 2. The van der Waals surface area contributed by atoms with Gasteiger partial charge in [0.15, 0.2) is 5.65 Å². The summed E-state index contributed by atoms with van der Waals surface area (Å²) in [7, 11) is 1.65. The van der Waals surface area contributed by atoms with Crippen LogP contribution in [0.5, 0.6) is 11.5 Å². The number of methoxy groups -OCH3 is 1. The Hall–Kier alpha value is -3.62. The molecule has 4 aromatic rings. The van der Waals surface area contributed by atoms with E-state index in [1.54, 1.807) is 7.11 Å². The van der Waals surface area contributed by atoms with Gasteiger partial charge in [-0.3, -0.25) is 0 Å². The zero-order chi connectivity index (χ0) is 21.5. The van der Waals surface area contributed by atoms with Crippen LogP contribution in [0.3, 0.4) is 0 Å². The van der Waals surface area contributed by atoms with Crippen LogP contribution in [0, 0.1) is 0 Å². The van der Waals surface area contributed by atoms with E-state index in [0.717, 1.165) is 34.1 Å². The van der Waals surface area contributed by atoms with E-state index in [1.165, 1.54) is 0 Å². The first-order chi connectivity index (χ1) is 15.3. The SMILES string of the molecule is COc1ccc(-c2cccc3nc(Nc4ccc(OCCNCCO)cc4)nn23)cc1. The normalized spacial score (nSPS) is 10.9. The highest BCUT2D eigenvalue weighted by molar-refractivity contribution is 5.65. The summed E-state index contributed by atoms with van der Waals surface area (Å²) in [5, 5.41) is 19.7. The zero-order valence-corrected chi connectivity index (χ0v) is 17.3. The first-order valence-corrected chi connectivity index (χ1v) is 10.1. The van der Waals surface area contributed by atoms with Crippen molar-refractivity contribution in [1.29, 1.82) is 0 Å². The van der Waals surface area contributed by atoms with Crippen LogP contribution >= 0.6 is 0 Å². The molecule has 0 unspecified atom stereocenters. The highest BCUT2D eigenvalue weighted by Gasteiger charge is 2.09. The van der Waals surface area contributed by atoms with Crippen LogP contribution in [0.2, 0.25) is 0 Å². The number of rotatable bonds is 10. The minimum atomic E-state index is 0.124. The molecule has 0 aliphatic rings. The molecule has 4 rings (SSSR count). The number of nitrogens with zero attached hydrogens (tertiary/aromatic N) is 3. The number of pyridine rings is 1. The molecule has 0 spiro atoms. The van der Waals surface area contributed by atoms with E-state index in [0.29, 0.717) is 25.6 Å². The molecular formula is C23H25N5O3. The molecule has 0 radical (unpaired) electrons. The molecule has 31 heavy (non-hydrogen) atoms. The monoisotopic (exact) mass is 419 g/mol. The third-order valence-electron chi connectivity index (χ3n) is 4.69. The van der Waals surface area contributed by atoms with Crippen LogP contribution in [0.25, 0.3) is 16.9 Å². The highest BCUT2D eigenvalue weighted by Crippen LogP contribution is 2.24. The molecule has 0 aliphatic carbocycles. The predicted octanol–water partition coefficient (Wildman–Crippen LogP) is 3.11. The van der Waals surface area contributed by atoms with E-state index in [4.69, 9.17) is 14.6 Å². The van der Waals surface area contributed by atoms with Gasteiger partial charge in [0.2, 0.25) is 5.95 Å². The fraction of sp³-hybridized carbons (Fsp3) is 0.217. The number of hydrogen-bond donors (Lipinski definition) is 3. The van der Waals surface area contributed by atoms with E-state index < -0.39 is 0 Å². The minimum Gasteiger partial charge on any atom is -0.497 e. The van der Waals surface area contributed by atoms with Gasteiger partial charge in [0.05, 0.1) is 19.4 Å². The molecule has 0 bridgehead atoms. The number of aromatic nitrogens is 3. The maximum atomic E-state index is 8.75. The number of fused-ring (bicyclic) bond motifs is 1. The van der Waals surface area contributed by atoms with Gasteiger partial charge in [-0.2, -0.15) is 4.98 Å². The Labute approximate surface area is 180 Å². The highest BCUT2D eigenvalue weighted by atomic mass is 16.5. The molecule has 8 nitrogen and oxygen atoms in total. The number of aliphatic hydroxyl groups excluding tert-OH is 1. The average molecular weight is 419 g/mol. The van der Waals surface area contributed by atoms with Crippen molar-refractivity contribution in [2.24, 2.45) is 0 Å². The summed E-state index contributed by atoms with van der Waals surface area (Å²) < 4.78 is 12.7. The molecule has 2 aromatic carbocycles. The van der Waals surface area contributed by atoms with Gasteiger partial charge in [-0.25, -0.2) is 4.52 Å². The lowest BCUT2D eigenvalue weighted by Gasteiger charge is -2.08. The lowest BCUT2D eigenvalue weighted by molar-refractivity contribution is 0.276. The molecule has 0 aliphatic heterocycles. The van der Waals surface area contributed by atoms with Crippen molar-refractivity contribution >= 4 is 17.3 Å². The van der Waals surface area contributed by atoms with E-state index in [9.17, 15) is 0 Å². The summed E-state index contributed by atoms with van der Waals surface area (Å²) >= 11 is 0. The van der Waals surface area contributed by atoms with Crippen LogP contribution in [0.1, 0.15) is 0 Å². The molecule has 0 atom stereocenters. The first-order valence-electron chi connectivity index (χ1n) is 10.1. The fourth-order valence-corrected chi connectivity index (χ4v) is 3.15. The van der Waals surface area contributed by atoms with Gasteiger partial charge in [-0.05, 0) is 60.7 Å². The number of anilines is 2. The number of ether oxygens (including phenoxy) is 2. The van der Waals surface area contributed by atoms with E-state index in [1.807, 2.05) is 71.2 Å². The molecule has 8 heteroatoms. The summed E-state index contributed by atoms with van der Waals surface area (Å²) in [6.45, 7) is 1.91. The van der Waals surface area contributed by atoms with Gasteiger partial charge < -0.3 is 25.2 Å². The van der Waals surface area contributed by atoms with Gasteiger partial charge in [0.25, 0.3) is 0 Å². The van der Waals surface area contributed by atoms with Crippen molar-refractivity contribution in [2.75, 3.05) is 38.7 Å². The number of aliphatic hydroxyl groups is 1. The predicted molar refractivity (Wildman–Crippen MR) is 120 cm³/mol. The van der Waals surface area contributed by atoms with Crippen molar-refractivity contribution in [3.63, 3.8) is 0 Å². The smallest absolute Gasteiger partial charge is 0.247 e. The number of hydrogen-bond acceptors (Lipinski definition) is 7. The van der Waals surface area contributed by atoms with E-state index in [2.05, 4.69) is 20.7 Å². The molecule has 160 valence electrons. The van der Waals surface area contributed by atoms with Crippen LogP contribution in [-0.2, 0) is 0 Å².